The van der Waals surface area contributed by atoms with Crippen molar-refractivity contribution < 1.29 is 14.7 Å². The Morgan fingerprint density at radius 3 is 1.00 bits per heavy atom. The summed E-state index contributed by atoms with van der Waals surface area (Å²) in [7, 11) is -4.33. The van der Waals surface area contributed by atoms with Crippen molar-refractivity contribution in [3.8, 4) is 0 Å². The maximum atomic E-state index is 11.1. The fraction of sp³-hybridized carbons (Fsp3) is 0.613. The molecule has 0 heterocycles. The highest BCUT2D eigenvalue weighted by Gasteiger charge is 2.50. The van der Waals surface area contributed by atoms with E-state index in [4.69, 9.17) is 0 Å². The molecule has 2 aromatic rings. The van der Waals surface area contributed by atoms with Gasteiger partial charge in [0.15, 0.2) is 0 Å². The van der Waals surface area contributed by atoms with Gasteiger partial charge in [-0.15, -0.1) is 0 Å². The van der Waals surface area contributed by atoms with E-state index in [1.807, 2.05) is 13.8 Å². The highest BCUT2D eigenvalue weighted by Crippen LogP contribution is 2.65. The monoisotopic (exact) mass is 501 g/mol. The van der Waals surface area contributed by atoms with Crippen LogP contribution in [0.25, 0.3) is 0 Å². The minimum atomic E-state index is -4.33. The van der Waals surface area contributed by atoms with E-state index in [0.717, 1.165) is 33.4 Å². The summed E-state index contributed by atoms with van der Waals surface area (Å²) in [6.45, 7) is 30.2. The Hall–Kier alpha value is -1.25. The molecule has 196 valence electrons. The van der Waals surface area contributed by atoms with E-state index in [1.165, 1.54) is 11.1 Å². The molecule has 4 heteroatoms. The third-order valence-electron chi connectivity index (χ3n) is 7.02. The molecule has 0 aliphatic heterocycles. The summed E-state index contributed by atoms with van der Waals surface area (Å²) in [6, 6.07) is 8.73. The Kier molecular flexibility index (Phi) is 7.92. The first-order valence-electron chi connectivity index (χ1n) is 12.7. The van der Waals surface area contributed by atoms with Crippen molar-refractivity contribution in [2.75, 3.05) is 0 Å². The molecule has 3 nitrogen and oxygen atoms in total. The molecule has 2 aromatic carbocycles. The molecule has 35 heavy (non-hydrogen) atoms. The minimum Gasteiger partial charge on any atom is -0.192 e. The van der Waals surface area contributed by atoms with E-state index < -0.39 is 13.6 Å². The van der Waals surface area contributed by atoms with Crippen LogP contribution in [0.3, 0.4) is 0 Å². The molecule has 0 radical (unpaired) electrons. The second-order valence-corrected chi connectivity index (χ2v) is 16.3. The number of rotatable bonds is 3. The summed E-state index contributed by atoms with van der Waals surface area (Å²) >= 11 is 0. The van der Waals surface area contributed by atoms with Gasteiger partial charge in [-0.2, -0.15) is 14.7 Å². The van der Waals surface area contributed by atoms with Crippen molar-refractivity contribution in [2.24, 2.45) is 0 Å². The Labute approximate surface area is 215 Å². The molecule has 2 rings (SSSR count). The van der Waals surface area contributed by atoms with Gasteiger partial charge in [0.1, 0.15) is 0 Å². The largest absolute Gasteiger partial charge is 0.416 e. The van der Waals surface area contributed by atoms with Crippen molar-refractivity contribution in [2.45, 2.75) is 124 Å². The minimum absolute atomic E-state index is 0.0521. The van der Waals surface area contributed by atoms with Gasteiger partial charge in [0.2, 0.25) is 5.66 Å². The first-order chi connectivity index (χ1) is 15.4. The van der Waals surface area contributed by atoms with Crippen LogP contribution in [0.1, 0.15) is 133 Å². The molecule has 0 aliphatic rings. The molecule has 3 N–H and O–H groups in total. The SMILES string of the molecule is Cc1cc(C(C)(C)C)cc(C(C)(C)C)c1C(c1c(C)cc(C(C)(C)C)cc1C(C)(C)C)[P+](O)(O)O. The van der Waals surface area contributed by atoms with Crippen LogP contribution in [0.2, 0.25) is 0 Å². The van der Waals surface area contributed by atoms with E-state index in [0.29, 0.717) is 0 Å². The summed E-state index contributed by atoms with van der Waals surface area (Å²) in [5.74, 6) is 0. The van der Waals surface area contributed by atoms with Gasteiger partial charge in [-0.1, -0.05) is 107 Å². The Balaban J connectivity index is 3.12. The Bertz CT molecular complexity index is 998. The average Bonchev–Trinajstić information content (AvgIpc) is 2.59. The highest BCUT2D eigenvalue weighted by molar-refractivity contribution is 7.59. The second-order valence-electron chi connectivity index (χ2n) is 14.5. The number of hydrogen-bond acceptors (Lipinski definition) is 3. The van der Waals surface area contributed by atoms with Gasteiger partial charge in [0, 0.05) is 11.1 Å². The smallest absolute Gasteiger partial charge is 0.192 e. The molecule has 0 aromatic heterocycles. The summed E-state index contributed by atoms with van der Waals surface area (Å²) in [6.07, 6.45) is 0. The van der Waals surface area contributed by atoms with Crippen molar-refractivity contribution >= 4 is 7.94 Å². The van der Waals surface area contributed by atoms with Crippen LogP contribution in [0.15, 0.2) is 24.3 Å². The van der Waals surface area contributed by atoms with Crippen LogP contribution in [0.4, 0.5) is 0 Å². The van der Waals surface area contributed by atoms with E-state index >= 15 is 0 Å². The van der Waals surface area contributed by atoms with E-state index in [-0.39, 0.29) is 21.7 Å². The first-order valence-corrected chi connectivity index (χ1v) is 14.5. The first kappa shape index (κ1) is 30.0. The van der Waals surface area contributed by atoms with Crippen LogP contribution in [-0.4, -0.2) is 14.7 Å². The lowest BCUT2D eigenvalue weighted by Crippen LogP contribution is -2.26. The maximum absolute atomic E-state index is 11.1. The van der Waals surface area contributed by atoms with Crippen LogP contribution in [0.5, 0.6) is 0 Å². The van der Waals surface area contributed by atoms with Gasteiger partial charge in [-0.3, -0.25) is 0 Å². The number of aryl methyl sites for hydroxylation is 2. The van der Waals surface area contributed by atoms with E-state index in [1.54, 1.807) is 0 Å². The number of benzene rings is 2. The lowest BCUT2D eigenvalue weighted by Gasteiger charge is -2.35. The Morgan fingerprint density at radius 2 is 0.800 bits per heavy atom. The number of hydrogen-bond donors (Lipinski definition) is 3. The zero-order chi connectivity index (χ0) is 27.5. The van der Waals surface area contributed by atoms with Crippen molar-refractivity contribution in [3.63, 3.8) is 0 Å². The van der Waals surface area contributed by atoms with Crippen molar-refractivity contribution in [1.82, 2.24) is 0 Å². The third-order valence-corrected chi connectivity index (χ3v) is 8.22. The molecule has 0 bridgehead atoms. The summed E-state index contributed by atoms with van der Waals surface area (Å²) in [4.78, 5) is 33.3. The molecule has 0 fully saturated rings. The predicted octanol–water partition coefficient (Wildman–Crippen LogP) is 8.32. The highest BCUT2D eigenvalue weighted by atomic mass is 31.2. The fourth-order valence-electron chi connectivity index (χ4n) is 4.92. The van der Waals surface area contributed by atoms with Crippen molar-refractivity contribution in [1.29, 1.82) is 0 Å². The predicted molar refractivity (Wildman–Crippen MR) is 153 cm³/mol. The fourth-order valence-corrected chi connectivity index (χ4v) is 6.30. The molecule has 0 spiro atoms. The molecule has 0 unspecified atom stereocenters. The van der Waals surface area contributed by atoms with E-state index in [2.05, 4.69) is 107 Å². The zero-order valence-corrected chi connectivity index (χ0v) is 25.6. The van der Waals surface area contributed by atoms with Crippen LogP contribution in [-0.2, 0) is 21.7 Å². The molecule has 0 saturated heterocycles. The molecule has 0 atom stereocenters. The van der Waals surface area contributed by atoms with Gasteiger partial charge in [-0.25, -0.2) is 0 Å². The van der Waals surface area contributed by atoms with Gasteiger partial charge in [0.25, 0.3) is 0 Å². The van der Waals surface area contributed by atoms with E-state index in [9.17, 15) is 14.7 Å². The standard InChI is InChI=1S/C31H50O3P/c1-19-15-21(28(3,4)5)17-23(30(9,10)11)25(19)27(35(32,33)34)26-20(2)16-22(29(6,7)8)18-24(26)31(12,13)14/h15-18,27,32-34H,1-14H3/q+1. The van der Waals surface area contributed by atoms with Crippen LogP contribution < -0.4 is 0 Å². The van der Waals surface area contributed by atoms with Crippen molar-refractivity contribution in [3.05, 3.63) is 68.8 Å². The molecule has 0 aliphatic carbocycles. The molecular weight excluding hydrogens is 451 g/mol. The van der Waals surface area contributed by atoms with Crippen LogP contribution in [0, 0.1) is 13.8 Å². The lowest BCUT2D eigenvalue weighted by molar-refractivity contribution is 0.320. The summed E-state index contributed by atoms with van der Waals surface area (Å²) < 4.78 is 0. The molecular formula is C31H50O3P+. The molecule has 0 saturated carbocycles. The van der Waals surface area contributed by atoms with Gasteiger partial charge in [-0.05, 0) is 68.9 Å². The van der Waals surface area contributed by atoms with Gasteiger partial charge < -0.3 is 0 Å². The third kappa shape index (κ3) is 6.55. The summed E-state index contributed by atoms with van der Waals surface area (Å²) in [5.41, 5.74) is 6.62. The Morgan fingerprint density at radius 1 is 0.514 bits per heavy atom. The molecule has 0 amide bonds. The summed E-state index contributed by atoms with van der Waals surface area (Å²) in [5, 5.41) is 0. The quantitative estimate of drug-likeness (QED) is 0.371. The van der Waals surface area contributed by atoms with Gasteiger partial charge >= 0.3 is 7.94 Å². The second kappa shape index (κ2) is 9.25. The lowest BCUT2D eigenvalue weighted by atomic mass is 9.72. The topological polar surface area (TPSA) is 60.7 Å². The maximum Gasteiger partial charge on any atom is 0.416 e. The van der Waals surface area contributed by atoms with Gasteiger partial charge in [0.05, 0.1) is 0 Å². The average molecular weight is 502 g/mol. The van der Waals surface area contributed by atoms with Crippen LogP contribution >= 0.6 is 7.94 Å². The zero-order valence-electron chi connectivity index (χ0n) is 24.7. The normalized spacial score (nSPS) is 14.1.